The Morgan fingerprint density at radius 1 is 1.33 bits per heavy atom. The lowest BCUT2D eigenvalue weighted by Crippen LogP contribution is -2.34. The topological polar surface area (TPSA) is 63.7 Å². The number of ether oxygens (including phenoxy) is 1. The maximum Gasteiger partial charge on any atom is 0.326 e. The lowest BCUT2D eigenvalue weighted by atomic mass is 10.2. The monoisotopic (exact) mass is 369 g/mol. The minimum atomic E-state index is -0.593. The Balaban J connectivity index is 2.13. The van der Waals surface area contributed by atoms with E-state index in [1.54, 1.807) is 13.0 Å². The summed E-state index contributed by atoms with van der Waals surface area (Å²) in [7, 11) is 0. The van der Waals surface area contributed by atoms with E-state index in [9.17, 15) is 14.4 Å². The number of nitrogens with zero attached hydrogens (tertiary/aromatic N) is 1. The highest BCUT2D eigenvalue weighted by Crippen LogP contribution is 2.32. The number of rotatable bonds is 4. The Morgan fingerprint density at radius 3 is 2.62 bits per heavy atom. The van der Waals surface area contributed by atoms with E-state index < -0.39 is 17.1 Å². The number of benzene rings is 1. The van der Waals surface area contributed by atoms with Crippen LogP contribution in [-0.4, -0.2) is 35.2 Å². The molecule has 1 fully saturated rings. The molecule has 2 rings (SSSR count). The Morgan fingerprint density at radius 2 is 2.00 bits per heavy atom. The highest BCUT2D eigenvalue weighted by molar-refractivity contribution is 9.10. The fourth-order valence-corrected chi connectivity index (χ4v) is 2.79. The Hall–Kier alpha value is -1.60. The summed E-state index contributed by atoms with van der Waals surface area (Å²) in [5.74, 6) is -1.06. The quantitative estimate of drug-likeness (QED) is 0.602. The molecule has 0 aromatic heterocycles. The molecule has 0 bridgehead atoms. The van der Waals surface area contributed by atoms with Crippen molar-refractivity contribution < 1.29 is 19.1 Å². The SMILES string of the molecule is CCOC(=O)CN1C(=O)SC(=Cc2ccc(Br)cc2)C1=O. The van der Waals surface area contributed by atoms with Crippen molar-refractivity contribution in [3.63, 3.8) is 0 Å². The summed E-state index contributed by atoms with van der Waals surface area (Å²) in [6.07, 6.45) is 1.63. The number of carbonyl (C=O) groups is 3. The standard InChI is InChI=1S/C14H12BrNO4S/c1-2-20-12(17)8-16-13(18)11(21-14(16)19)7-9-3-5-10(15)6-4-9/h3-7H,2,8H2,1H3. The second kappa shape index (κ2) is 6.91. The van der Waals surface area contributed by atoms with E-state index in [1.807, 2.05) is 24.3 Å². The van der Waals surface area contributed by atoms with Gasteiger partial charge < -0.3 is 4.74 Å². The predicted octanol–water partition coefficient (Wildman–Crippen LogP) is 3.05. The lowest BCUT2D eigenvalue weighted by molar-refractivity contribution is -0.145. The third-order valence-electron chi connectivity index (χ3n) is 2.63. The van der Waals surface area contributed by atoms with Gasteiger partial charge in [0, 0.05) is 4.47 Å². The number of thioether (sulfide) groups is 1. The van der Waals surface area contributed by atoms with E-state index in [2.05, 4.69) is 15.9 Å². The number of halogens is 1. The van der Waals surface area contributed by atoms with Crippen LogP contribution in [-0.2, 0) is 14.3 Å². The van der Waals surface area contributed by atoms with Gasteiger partial charge >= 0.3 is 5.97 Å². The molecular formula is C14H12BrNO4S. The molecule has 0 aliphatic carbocycles. The first-order valence-corrected chi connectivity index (χ1v) is 7.78. The number of esters is 1. The molecule has 21 heavy (non-hydrogen) atoms. The average Bonchev–Trinajstić information content (AvgIpc) is 2.69. The summed E-state index contributed by atoms with van der Waals surface area (Å²) in [5, 5.41) is -0.462. The van der Waals surface area contributed by atoms with Gasteiger partial charge in [-0.1, -0.05) is 28.1 Å². The normalized spacial score (nSPS) is 16.7. The molecule has 0 atom stereocenters. The summed E-state index contributed by atoms with van der Waals surface area (Å²) >= 11 is 4.14. The smallest absolute Gasteiger partial charge is 0.326 e. The van der Waals surface area contributed by atoms with Gasteiger partial charge in [-0.3, -0.25) is 19.3 Å². The molecule has 1 aliphatic heterocycles. The van der Waals surface area contributed by atoms with Crippen molar-refractivity contribution in [2.75, 3.05) is 13.2 Å². The van der Waals surface area contributed by atoms with Crippen molar-refractivity contribution in [2.45, 2.75) is 6.92 Å². The molecule has 0 radical (unpaired) electrons. The Labute approximate surface area is 134 Å². The molecule has 7 heteroatoms. The molecule has 1 aromatic rings. The minimum Gasteiger partial charge on any atom is -0.465 e. The van der Waals surface area contributed by atoms with E-state index >= 15 is 0 Å². The first-order chi connectivity index (χ1) is 10.0. The molecule has 0 unspecified atom stereocenters. The largest absolute Gasteiger partial charge is 0.465 e. The van der Waals surface area contributed by atoms with Crippen LogP contribution >= 0.6 is 27.7 Å². The molecule has 2 amide bonds. The average molecular weight is 370 g/mol. The Kier molecular flexibility index (Phi) is 5.19. The molecule has 0 N–H and O–H groups in total. The van der Waals surface area contributed by atoms with E-state index in [1.165, 1.54) is 0 Å². The van der Waals surface area contributed by atoms with Crippen LogP contribution in [0.5, 0.6) is 0 Å². The summed E-state index contributed by atoms with van der Waals surface area (Å²) in [4.78, 5) is 36.5. The van der Waals surface area contributed by atoms with Crippen molar-refractivity contribution in [2.24, 2.45) is 0 Å². The summed E-state index contributed by atoms with van der Waals surface area (Å²) < 4.78 is 5.67. The Bertz CT molecular complexity index is 612. The summed E-state index contributed by atoms with van der Waals surface area (Å²) in [6.45, 7) is 1.53. The highest BCUT2D eigenvalue weighted by atomic mass is 79.9. The summed E-state index contributed by atoms with van der Waals surface area (Å²) in [6, 6.07) is 7.33. The van der Waals surface area contributed by atoms with Crippen LogP contribution in [0.3, 0.4) is 0 Å². The van der Waals surface area contributed by atoms with Crippen molar-refractivity contribution >= 4 is 50.9 Å². The van der Waals surface area contributed by atoms with Gasteiger partial charge in [0.2, 0.25) is 0 Å². The first-order valence-electron chi connectivity index (χ1n) is 6.18. The number of amides is 2. The fraction of sp³-hybridized carbons (Fsp3) is 0.214. The van der Waals surface area contributed by atoms with Crippen LogP contribution in [0.15, 0.2) is 33.6 Å². The molecule has 1 heterocycles. The van der Waals surface area contributed by atoms with Gasteiger partial charge in [0.05, 0.1) is 11.5 Å². The van der Waals surface area contributed by atoms with Gasteiger partial charge in [-0.2, -0.15) is 0 Å². The van der Waals surface area contributed by atoms with Gasteiger partial charge in [-0.05, 0) is 42.5 Å². The van der Waals surface area contributed by atoms with E-state index in [0.717, 1.165) is 26.7 Å². The number of hydrogen-bond donors (Lipinski definition) is 0. The number of hydrogen-bond acceptors (Lipinski definition) is 5. The van der Waals surface area contributed by atoms with E-state index in [-0.39, 0.29) is 13.2 Å². The van der Waals surface area contributed by atoms with Crippen LogP contribution < -0.4 is 0 Å². The zero-order valence-electron chi connectivity index (χ0n) is 11.2. The minimum absolute atomic E-state index is 0.212. The van der Waals surface area contributed by atoms with Crippen LogP contribution in [0.4, 0.5) is 4.79 Å². The maximum absolute atomic E-state index is 12.1. The van der Waals surface area contributed by atoms with Crippen molar-refractivity contribution in [1.82, 2.24) is 4.90 Å². The van der Waals surface area contributed by atoms with Crippen LogP contribution in [0.2, 0.25) is 0 Å². The molecule has 1 aromatic carbocycles. The molecule has 1 aliphatic rings. The molecule has 5 nitrogen and oxygen atoms in total. The number of carbonyl (C=O) groups excluding carboxylic acids is 3. The summed E-state index contributed by atoms with van der Waals surface area (Å²) in [5.41, 5.74) is 0.805. The molecule has 0 saturated carbocycles. The fourth-order valence-electron chi connectivity index (χ4n) is 1.68. The van der Waals surface area contributed by atoms with Crippen LogP contribution in [0.1, 0.15) is 12.5 Å². The van der Waals surface area contributed by atoms with Crippen molar-refractivity contribution in [1.29, 1.82) is 0 Å². The first kappa shape index (κ1) is 15.8. The van der Waals surface area contributed by atoms with Gasteiger partial charge in [-0.15, -0.1) is 0 Å². The van der Waals surface area contributed by atoms with Crippen LogP contribution in [0, 0.1) is 0 Å². The zero-order valence-corrected chi connectivity index (χ0v) is 13.6. The molecule has 110 valence electrons. The zero-order chi connectivity index (χ0) is 15.4. The van der Waals surface area contributed by atoms with Crippen molar-refractivity contribution in [3.05, 3.63) is 39.2 Å². The lowest BCUT2D eigenvalue weighted by Gasteiger charge is -2.10. The second-order valence-electron chi connectivity index (χ2n) is 4.12. The highest BCUT2D eigenvalue weighted by Gasteiger charge is 2.36. The second-order valence-corrected chi connectivity index (χ2v) is 6.03. The third kappa shape index (κ3) is 3.95. The molecular weight excluding hydrogens is 358 g/mol. The van der Waals surface area contributed by atoms with Crippen molar-refractivity contribution in [3.8, 4) is 0 Å². The van der Waals surface area contributed by atoms with Gasteiger partial charge in [-0.25, -0.2) is 0 Å². The van der Waals surface area contributed by atoms with E-state index in [4.69, 9.17) is 4.74 Å². The maximum atomic E-state index is 12.1. The van der Waals surface area contributed by atoms with Gasteiger partial charge in [0.25, 0.3) is 11.1 Å². The van der Waals surface area contributed by atoms with Gasteiger partial charge in [0.15, 0.2) is 0 Å². The van der Waals surface area contributed by atoms with Crippen LogP contribution in [0.25, 0.3) is 6.08 Å². The number of imide groups is 1. The predicted molar refractivity (Wildman–Crippen MR) is 83.5 cm³/mol. The third-order valence-corrected chi connectivity index (χ3v) is 4.07. The van der Waals surface area contributed by atoms with Gasteiger partial charge in [0.1, 0.15) is 6.54 Å². The molecule has 1 saturated heterocycles. The molecule has 0 spiro atoms. The van der Waals surface area contributed by atoms with E-state index in [0.29, 0.717) is 4.91 Å².